The highest BCUT2D eigenvalue weighted by Crippen LogP contribution is 2.25. The van der Waals surface area contributed by atoms with Crippen LogP contribution in [0.3, 0.4) is 0 Å². The predicted molar refractivity (Wildman–Crippen MR) is 86.4 cm³/mol. The van der Waals surface area contributed by atoms with Crippen LogP contribution in [-0.4, -0.2) is 10.2 Å². The van der Waals surface area contributed by atoms with E-state index in [0.29, 0.717) is 0 Å². The van der Waals surface area contributed by atoms with Gasteiger partial charge in [-0.3, -0.25) is 0 Å². The number of benzene rings is 1. The van der Waals surface area contributed by atoms with E-state index in [9.17, 15) is 0 Å². The number of hydrogen-bond acceptors (Lipinski definition) is 3. The average Bonchev–Trinajstić information content (AvgIpc) is 2.94. The lowest BCUT2D eigenvalue weighted by Crippen LogP contribution is -1.83. The maximum atomic E-state index is 6.01. The summed E-state index contributed by atoms with van der Waals surface area (Å²) in [5.41, 5.74) is 2.64. The molecule has 0 unspecified atom stereocenters. The monoisotopic (exact) mass is 282 g/mol. The van der Waals surface area contributed by atoms with Crippen LogP contribution in [0.2, 0.25) is 0 Å². The molecule has 0 radical (unpaired) electrons. The summed E-state index contributed by atoms with van der Waals surface area (Å²) in [5.74, 6) is 1.03. The molecule has 1 aromatic carbocycles. The minimum atomic E-state index is 0.870. The van der Waals surface area contributed by atoms with Crippen LogP contribution in [0.15, 0.2) is 34.7 Å². The number of hydrogen-bond donors (Lipinski definition) is 0. The number of furan rings is 1. The second-order valence-electron chi connectivity index (χ2n) is 5.66. The highest BCUT2D eigenvalue weighted by atomic mass is 16.3. The third-order valence-electron chi connectivity index (χ3n) is 3.95. The Morgan fingerprint density at radius 1 is 0.905 bits per heavy atom. The van der Waals surface area contributed by atoms with Crippen LogP contribution in [0.1, 0.15) is 51.2 Å². The Morgan fingerprint density at radius 2 is 1.67 bits per heavy atom. The van der Waals surface area contributed by atoms with Crippen molar-refractivity contribution in [1.29, 1.82) is 0 Å². The molecule has 2 heterocycles. The van der Waals surface area contributed by atoms with Gasteiger partial charge >= 0.3 is 0 Å². The van der Waals surface area contributed by atoms with E-state index in [1.165, 1.54) is 38.5 Å². The van der Waals surface area contributed by atoms with E-state index >= 15 is 0 Å². The van der Waals surface area contributed by atoms with Crippen LogP contribution in [0, 0.1) is 0 Å². The fourth-order valence-corrected chi connectivity index (χ4v) is 2.76. The largest absolute Gasteiger partial charge is 0.459 e. The van der Waals surface area contributed by atoms with Crippen molar-refractivity contribution in [2.45, 2.75) is 51.9 Å². The summed E-state index contributed by atoms with van der Waals surface area (Å²) < 4.78 is 6.01. The van der Waals surface area contributed by atoms with Crippen LogP contribution in [-0.2, 0) is 6.42 Å². The molecule has 0 N–H and O–H groups in total. The minimum absolute atomic E-state index is 0.870. The molecule has 0 saturated heterocycles. The second kappa shape index (κ2) is 6.70. The Kier molecular flexibility index (Phi) is 4.49. The molecule has 3 rings (SSSR count). The predicted octanol–water partition coefficient (Wildman–Crippen LogP) is 5.28. The Labute approximate surface area is 125 Å². The van der Waals surface area contributed by atoms with Crippen LogP contribution in [0.4, 0.5) is 0 Å². The van der Waals surface area contributed by atoms with E-state index in [0.717, 1.165) is 34.2 Å². The van der Waals surface area contributed by atoms with Crippen molar-refractivity contribution in [3.63, 3.8) is 0 Å². The molecule has 3 heteroatoms. The average molecular weight is 282 g/mol. The standard InChI is InChI=1S/C18H22N2O/c1-2-3-4-5-6-7-10-14-13-17-18(21-14)15-11-8-9-12-16(15)19-20-17/h8-9,11-13H,2-7,10H2,1H3. The van der Waals surface area contributed by atoms with Crippen molar-refractivity contribution in [3.05, 3.63) is 36.1 Å². The zero-order valence-corrected chi connectivity index (χ0v) is 12.6. The van der Waals surface area contributed by atoms with Crippen molar-refractivity contribution >= 4 is 22.0 Å². The topological polar surface area (TPSA) is 38.9 Å². The minimum Gasteiger partial charge on any atom is -0.459 e. The van der Waals surface area contributed by atoms with Crippen molar-refractivity contribution < 1.29 is 4.42 Å². The third kappa shape index (κ3) is 3.23. The molecular formula is C18H22N2O. The number of nitrogens with zero attached hydrogens (tertiary/aromatic N) is 2. The summed E-state index contributed by atoms with van der Waals surface area (Å²) in [6.45, 7) is 2.25. The molecular weight excluding hydrogens is 260 g/mol. The molecule has 0 spiro atoms. The van der Waals surface area contributed by atoms with Gasteiger partial charge in [-0.1, -0.05) is 51.2 Å². The number of fused-ring (bicyclic) bond motifs is 3. The molecule has 0 aliphatic rings. The molecule has 0 saturated carbocycles. The first kappa shape index (κ1) is 14.1. The summed E-state index contributed by atoms with van der Waals surface area (Å²) in [6.07, 6.45) is 8.81. The molecule has 3 aromatic rings. The van der Waals surface area contributed by atoms with Crippen molar-refractivity contribution in [2.24, 2.45) is 0 Å². The van der Waals surface area contributed by atoms with Crippen molar-refractivity contribution in [2.75, 3.05) is 0 Å². The van der Waals surface area contributed by atoms with Crippen molar-refractivity contribution in [3.8, 4) is 0 Å². The van der Waals surface area contributed by atoms with Gasteiger partial charge < -0.3 is 4.42 Å². The number of unbranched alkanes of at least 4 members (excludes halogenated alkanes) is 5. The van der Waals surface area contributed by atoms with E-state index in [1.54, 1.807) is 0 Å². The van der Waals surface area contributed by atoms with E-state index < -0.39 is 0 Å². The highest BCUT2D eigenvalue weighted by molar-refractivity contribution is 5.99. The van der Waals surface area contributed by atoms with Crippen LogP contribution in [0.5, 0.6) is 0 Å². The van der Waals surface area contributed by atoms with Gasteiger partial charge in [-0.15, -0.1) is 10.2 Å². The zero-order chi connectivity index (χ0) is 14.5. The molecule has 0 atom stereocenters. The van der Waals surface area contributed by atoms with Crippen LogP contribution < -0.4 is 0 Å². The van der Waals surface area contributed by atoms with Gasteiger partial charge in [0.15, 0.2) is 5.58 Å². The zero-order valence-electron chi connectivity index (χ0n) is 12.6. The first-order chi connectivity index (χ1) is 10.4. The first-order valence-electron chi connectivity index (χ1n) is 8.02. The molecule has 0 aliphatic heterocycles. The quantitative estimate of drug-likeness (QED) is 0.553. The van der Waals surface area contributed by atoms with Crippen molar-refractivity contribution in [1.82, 2.24) is 10.2 Å². The molecule has 2 aromatic heterocycles. The SMILES string of the molecule is CCCCCCCCc1cc2nnc3ccccc3c2o1. The lowest BCUT2D eigenvalue weighted by atomic mass is 10.1. The Morgan fingerprint density at radius 3 is 2.57 bits per heavy atom. The van der Waals surface area contributed by atoms with Gasteiger partial charge in [0, 0.05) is 17.9 Å². The Balaban J connectivity index is 1.68. The maximum Gasteiger partial charge on any atom is 0.164 e. The molecule has 0 fully saturated rings. The normalized spacial score (nSPS) is 11.5. The van der Waals surface area contributed by atoms with E-state index in [-0.39, 0.29) is 0 Å². The van der Waals surface area contributed by atoms with E-state index in [1.807, 2.05) is 30.3 Å². The van der Waals surface area contributed by atoms with Gasteiger partial charge in [-0.2, -0.15) is 0 Å². The molecule has 110 valence electrons. The van der Waals surface area contributed by atoms with Gasteiger partial charge in [0.05, 0.1) is 5.52 Å². The maximum absolute atomic E-state index is 6.01. The molecule has 0 amide bonds. The summed E-state index contributed by atoms with van der Waals surface area (Å²) >= 11 is 0. The molecule has 21 heavy (non-hydrogen) atoms. The van der Waals surface area contributed by atoms with Gasteiger partial charge in [0.2, 0.25) is 0 Å². The van der Waals surface area contributed by atoms with Crippen LogP contribution >= 0.6 is 0 Å². The third-order valence-corrected chi connectivity index (χ3v) is 3.95. The lowest BCUT2D eigenvalue weighted by Gasteiger charge is -1.99. The Bertz CT molecular complexity index is 717. The molecule has 0 bridgehead atoms. The smallest absolute Gasteiger partial charge is 0.164 e. The summed E-state index contributed by atoms with van der Waals surface area (Å²) in [7, 11) is 0. The summed E-state index contributed by atoms with van der Waals surface area (Å²) in [5, 5.41) is 9.55. The fraction of sp³-hybridized carbons (Fsp3) is 0.444. The molecule has 0 aliphatic carbocycles. The second-order valence-corrected chi connectivity index (χ2v) is 5.66. The van der Waals surface area contributed by atoms with E-state index in [2.05, 4.69) is 17.1 Å². The van der Waals surface area contributed by atoms with Gasteiger partial charge in [-0.25, -0.2) is 0 Å². The number of rotatable bonds is 7. The molecule has 3 nitrogen and oxygen atoms in total. The van der Waals surface area contributed by atoms with Gasteiger partial charge in [-0.05, 0) is 18.6 Å². The summed E-state index contributed by atoms with van der Waals surface area (Å²) in [6, 6.07) is 10.0. The fourth-order valence-electron chi connectivity index (χ4n) is 2.76. The lowest BCUT2D eigenvalue weighted by molar-refractivity contribution is 0.523. The summed E-state index contributed by atoms with van der Waals surface area (Å²) in [4.78, 5) is 0. The number of aryl methyl sites for hydroxylation is 1. The highest BCUT2D eigenvalue weighted by Gasteiger charge is 2.09. The number of aromatic nitrogens is 2. The van der Waals surface area contributed by atoms with Gasteiger partial charge in [0.25, 0.3) is 0 Å². The van der Waals surface area contributed by atoms with Crippen LogP contribution in [0.25, 0.3) is 22.0 Å². The van der Waals surface area contributed by atoms with Gasteiger partial charge in [0.1, 0.15) is 11.3 Å². The first-order valence-corrected chi connectivity index (χ1v) is 8.02. The van der Waals surface area contributed by atoms with E-state index in [4.69, 9.17) is 4.42 Å². The Hall–Kier alpha value is -1.90.